The Hall–Kier alpha value is -1.88. The van der Waals surface area contributed by atoms with E-state index in [0.717, 1.165) is 15.6 Å². The van der Waals surface area contributed by atoms with Gasteiger partial charge in [0.15, 0.2) is 0 Å². The van der Waals surface area contributed by atoms with Crippen LogP contribution in [0.15, 0.2) is 53.6 Å². The molecule has 0 unspecified atom stereocenters. The molecule has 0 spiro atoms. The lowest BCUT2D eigenvalue weighted by Crippen LogP contribution is -2.16. The van der Waals surface area contributed by atoms with E-state index in [9.17, 15) is 4.79 Å². The van der Waals surface area contributed by atoms with Crippen molar-refractivity contribution in [2.24, 2.45) is 5.10 Å². The van der Waals surface area contributed by atoms with Crippen LogP contribution in [0.2, 0.25) is 10.0 Å². The van der Waals surface area contributed by atoms with Crippen LogP contribution in [0, 0.1) is 0 Å². The molecule has 0 atom stereocenters. The predicted octanol–water partition coefficient (Wildman–Crippen LogP) is 4.97. The lowest BCUT2D eigenvalue weighted by molar-refractivity contribution is 0.0959. The van der Waals surface area contributed by atoms with E-state index >= 15 is 0 Å². The van der Waals surface area contributed by atoms with E-state index in [1.54, 1.807) is 6.07 Å². The highest BCUT2D eigenvalue weighted by Crippen LogP contribution is 2.34. The molecule has 0 aliphatic carbocycles. The second-order valence-corrected chi connectivity index (χ2v) is 6.30. The third-order valence-corrected chi connectivity index (χ3v) is 5.03. The maximum atomic E-state index is 12.2. The zero-order valence-corrected chi connectivity index (χ0v) is 13.5. The molecule has 0 aliphatic rings. The smallest absolute Gasteiger partial charge is 0.266 e. The minimum atomic E-state index is -0.338. The van der Waals surface area contributed by atoms with Crippen molar-refractivity contribution in [3.05, 3.63) is 69.0 Å². The van der Waals surface area contributed by atoms with Gasteiger partial charge in [0.2, 0.25) is 0 Å². The summed E-state index contributed by atoms with van der Waals surface area (Å²) < 4.78 is 0.965. The van der Waals surface area contributed by atoms with E-state index < -0.39 is 0 Å². The number of hydrazone groups is 1. The summed E-state index contributed by atoms with van der Waals surface area (Å²) in [4.78, 5) is 12.6. The first-order chi connectivity index (χ1) is 10.7. The van der Waals surface area contributed by atoms with Crippen LogP contribution in [0.3, 0.4) is 0 Å². The molecule has 1 heterocycles. The monoisotopic (exact) mass is 348 g/mol. The molecule has 3 nitrogen and oxygen atoms in total. The molecule has 1 amide bonds. The molecule has 2 aromatic carbocycles. The first kappa shape index (κ1) is 15.0. The standard InChI is InChI=1S/C16H10Cl2N2OS/c17-12-7-3-1-5-10(12)9-19-20-16(21)15-14(18)11-6-2-4-8-13(11)22-15/h1-9H,(H,20,21)/b19-9-. The van der Waals surface area contributed by atoms with Crippen molar-refractivity contribution in [1.82, 2.24) is 5.43 Å². The van der Waals surface area contributed by atoms with Crippen molar-refractivity contribution in [1.29, 1.82) is 0 Å². The van der Waals surface area contributed by atoms with E-state index in [4.69, 9.17) is 23.2 Å². The number of rotatable bonds is 3. The van der Waals surface area contributed by atoms with Crippen LogP contribution in [0.1, 0.15) is 15.2 Å². The average Bonchev–Trinajstić information content (AvgIpc) is 2.87. The predicted molar refractivity (Wildman–Crippen MR) is 93.3 cm³/mol. The largest absolute Gasteiger partial charge is 0.283 e. The zero-order chi connectivity index (χ0) is 15.5. The summed E-state index contributed by atoms with van der Waals surface area (Å²) in [5.74, 6) is -0.338. The summed E-state index contributed by atoms with van der Waals surface area (Å²) in [5.41, 5.74) is 3.20. The van der Waals surface area contributed by atoms with Gasteiger partial charge in [-0.2, -0.15) is 5.10 Å². The quantitative estimate of drug-likeness (QED) is 0.526. The number of hydrogen-bond donors (Lipinski definition) is 1. The second kappa shape index (κ2) is 6.48. The van der Waals surface area contributed by atoms with Crippen LogP contribution in [0.5, 0.6) is 0 Å². The molecule has 3 aromatic rings. The summed E-state index contributed by atoms with van der Waals surface area (Å²) in [7, 11) is 0. The van der Waals surface area contributed by atoms with Crippen molar-refractivity contribution in [3.63, 3.8) is 0 Å². The minimum absolute atomic E-state index is 0.338. The number of carbonyl (C=O) groups is 1. The molecule has 0 aliphatic heterocycles. The lowest BCUT2D eigenvalue weighted by Gasteiger charge is -1.98. The van der Waals surface area contributed by atoms with Gasteiger partial charge in [-0.1, -0.05) is 59.6 Å². The fourth-order valence-corrected chi connectivity index (χ4v) is 3.54. The van der Waals surface area contributed by atoms with Crippen LogP contribution in [0.25, 0.3) is 10.1 Å². The van der Waals surface area contributed by atoms with E-state index in [-0.39, 0.29) is 5.91 Å². The van der Waals surface area contributed by atoms with Crippen LogP contribution in [-0.2, 0) is 0 Å². The normalized spacial score (nSPS) is 11.2. The molecule has 1 N–H and O–H groups in total. The molecular formula is C16H10Cl2N2OS. The van der Waals surface area contributed by atoms with Gasteiger partial charge >= 0.3 is 0 Å². The fourth-order valence-electron chi connectivity index (χ4n) is 1.95. The molecular weight excluding hydrogens is 339 g/mol. The third-order valence-electron chi connectivity index (χ3n) is 3.02. The van der Waals surface area contributed by atoms with Crippen LogP contribution >= 0.6 is 34.5 Å². The molecule has 0 fully saturated rings. The Bertz CT molecular complexity index is 873. The molecule has 0 radical (unpaired) electrons. The number of thiophene rings is 1. The molecule has 3 rings (SSSR count). The van der Waals surface area contributed by atoms with Crippen LogP contribution < -0.4 is 5.43 Å². The highest BCUT2D eigenvalue weighted by Gasteiger charge is 2.16. The number of nitrogens with one attached hydrogen (secondary N) is 1. The summed E-state index contributed by atoms with van der Waals surface area (Å²) in [6.45, 7) is 0. The number of nitrogens with zero attached hydrogens (tertiary/aromatic N) is 1. The van der Waals surface area contributed by atoms with Gasteiger partial charge < -0.3 is 0 Å². The number of amides is 1. The van der Waals surface area contributed by atoms with Crippen molar-refractivity contribution in [2.45, 2.75) is 0 Å². The molecule has 22 heavy (non-hydrogen) atoms. The Labute approximate surface area is 141 Å². The Morgan fingerprint density at radius 1 is 1.09 bits per heavy atom. The van der Waals surface area contributed by atoms with Crippen molar-refractivity contribution in [3.8, 4) is 0 Å². The molecule has 0 saturated heterocycles. The van der Waals surface area contributed by atoms with E-state index in [2.05, 4.69) is 10.5 Å². The van der Waals surface area contributed by atoms with Crippen molar-refractivity contribution >= 4 is 56.7 Å². The van der Waals surface area contributed by atoms with Gasteiger partial charge in [-0.05, 0) is 12.1 Å². The van der Waals surface area contributed by atoms with Crippen molar-refractivity contribution < 1.29 is 4.79 Å². The summed E-state index contributed by atoms with van der Waals surface area (Å²) in [5, 5.41) is 5.82. The maximum Gasteiger partial charge on any atom is 0.283 e. The first-order valence-electron chi connectivity index (χ1n) is 6.42. The lowest BCUT2D eigenvalue weighted by atomic mass is 10.2. The van der Waals surface area contributed by atoms with Gasteiger partial charge in [-0.3, -0.25) is 4.79 Å². The molecule has 0 saturated carbocycles. The molecule has 0 bridgehead atoms. The van der Waals surface area contributed by atoms with Gasteiger partial charge in [-0.25, -0.2) is 5.43 Å². The summed E-state index contributed by atoms with van der Waals surface area (Å²) in [6.07, 6.45) is 1.50. The minimum Gasteiger partial charge on any atom is -0.266 e. The highest BCUT2D eigenvalue weighted by molar-refractivity contribution is 7.21. The highest BCUT2D eigenvalue weighted by atomic mass is 35.5. The summed E-state index contributed by atoms with van der Waals surface area (Å²) in [6, 6.07) is 14.9. The van der Waals surface area contributed by atoms with Gasteiger partial charge in [-0.15, -0.1) is 11.3 Å². The van der Waals surface area contributed by atoms with E-state index in [1.807, 2.05) is 42.5 Å². The first-order valence-corrected chi connectivity index (χ1v) is 7.99. The SMILES string of the molecule is O=C(N/N=C\c1ccccc1Cl)c1sc2ccccc2c1Cl. The van der Waals surface area contributed by atoms with Gasteiger partial charge in [0.1, 0.15) is 4.88 Å². The van der Waals surface area contributed by atoms with Crippen LogP contribution in [0.4, 0.5) is 0 Å². The number of benzene rings is 2. The molecule has 1 aromatic heterocycles. The Balaban J connectivity index is 1.79. The van der Waals surface area contributed by atoms with E-state index in [1.165, 1.54) is 17.6 Å². The second-order valence-electron chi connectivity index (χ2n) is 4.46. The number of halogens is 2. The average molecular weight is 349 g/mol. The van der Waals surface area contributed by atoms with Crippen LogP contribution in [-0.4, -0.2) is 12.1 Å². The molecule has 6 heteroatoms. The summed E-state index contributed by atoms with van der Waals surface area (Å²) >= 11 is 13.6. The van der Waals surface area contributed by atoms with Gasteiger partial charge in [0.05, 0.1) is 11.2 Å². The number of carbonyl (C=O) groups excluding carboxylic acids is 1. The number of hydrogen-bond acceptors (Lipinski definition) is 3. The van der Waals surface area contributed by atoms with E-state index in [0.29, 0.717) is 14.9 Å². The van der Waals surface area contributed by atoms with Gasteiger partial charge in [0, 0.05) is 20.7 Å². The Kier molecular flexibility index (Phi) is 4.43. The third kappa shape index (κ3) is 2.99. The Morgan fingerprint density at radius 3 is 2.59 bits per heavy atom. The zero-order valence-electron chi connectivity index (χ0n) is 11.2. The maximum absolute atomic E-state index is 12.2. The van der Waals surface area contributed by atoms with Crippen molar-refractivity contribution in [2.75, 3.05) is 0 Å². The molecule has 110 valence electrons. The topological polar surface area (TPSA) is 41.5 Å². The Morgan fingerprint density at radius 2 is 1.82 bits per heavy atom. The fraction of sp³-hybridized carbons (Fsp3) is 0. The number of fused-ring (bicyclic) bond motifs is 1. The van der Waals surface area contributed by atoms with Gasteiger partial charge in [0.25, 0.3) is 5.91 Å².